The Labute approximate surface area is 146 Å². The van der Waals surface area contributed by atoms with Crippen molar-refractivity contribution in [2.45, 2.75) is 46.2 Å². The van der Waals surface area contributed by atoms with Gasteiger partial charge in [0.25, 0.3) is 0 Å². The molecule has 0 atom stereocenters. The molecule has 0 aliphatic carbocycles. The predicted octanol–water partition coefficient (Wildman–Crippen LogP) is 4.18. The average molecular weight is 358 g/mol. The largest absolute Gasteiger partial charge is 0.492 e. The van der Waals surface area contributed by atoms with Crippen molar-refractivity contribution in [1.29, 1.82) is 0 Å². The lowest BCUT2D eigenvalue weighted by atomic mass is 10.2. The van der Waals surface area contributed by atoms with E-state index in [-0.39, 0.29) is 0 Å². The van der Waals surface area contributed by atoms with E-state index in [0.717, 1.165) is 31.4 Å². The second-order valence-electron chi connectivity index (χ2n) is 5.16. The third-order valence-corrected chi connectivity index (χ3v) is 3.73. The van der Waals surface area contributed by atoms with Gasteiger partial charge in [-0.25, -0.2) is 4.68 Å². The maximum absolute atomic E-state index is 6.25. The number of halogens is 2. The highest BCUT2D eigenvalue weighted by Crippen LogP contribution is 2.33. The maximum atomic E-state index is 6.25. The molecule has 0 bridgehead atoms. The fourth-order valence-electron chi connectivity index (χ4n) is 2.07. The molecule has 0 amide bonds. The summed E-state index contributed by atoms with van der Waals surface area (Å²) in [5.74, 6) is 1.27. The van der Waals surface area contributed by atoms with Gasteiger partial charge in [0, 0.05) is 23.7 Å². The first-order valence-electron chi connectivity index (χ1n) is 7.76. The number of anilines is 1. The van der Waals surface area contributed by atoms with Gasteiger partial charge in [0.15, 0.2) is 0 Å². The molecule has 0 radical (unpaired) electrons. The van der Waals surface area contributed by atoms with Crippen LogP contribution in [0, 0.1) is 0 Å². The highest BCUT2D eigenvalue weighted by atomic mass is 35.5. The monoisotopic (exact) mass is 357 g/mol. The first-order chi connectivity index (χ1) is 11.2. The molecule has 1 N–H and O–H groups in total. The van der Waals surface area contributed by atoms with Crippen molar-refractivity contribution in [1.82, 2.24) is 20.2 Å². The molecule has 6 nitrogen and oxygen atoms in total. The van der Waals surface area contributed by atoms with E-state index in [1.54, 1.807) is 10.7 Å². The molecule has 1 heterocycles. The van der Waals surface area contributed by atoms with E-state index in [9.17, 15) is 0 Å². The Morgan fingerprint density at radius 1 is 1.22 bits per heavy atom. The smallest absolute Gasteiger partial charge is 0.243 e. The highest BCUT2D eigenvalue weighted by Gasteiger charge is 2.12. The number of aryl methyl sites for hydroxylation is 1. The minimum Gasteiger partial charge on any atom is -0.492 e. The van der Waals surface area contributed by atoms with Crippen molar-refractivity contribution in [2.24, 2.45) is 0 Å². The van der Waals surface area contributed by atoms with E-state index >= 15 is 0 Å². The van der Waals surface area contributed by atoms with E-state index in [2.05, 4.69) is 27.8 Å². The third-order valence-electron chi connectivity index (χ3n) is 3.23. The summed E-state index contributed by atoms with van der Waals surface area (Å²) in [6.45, 7) is 6.03. The molecule has 2 aromatic rings. The Bertz CT molecular complexity index is 632. The predicted molar refractivity (Wildman–Crippen MR) is 92.3 cm³/mol. The summed E-state index contributed by atoms with van der Waals surface area (Å²) in [6, 6.07) is 3.52. The SMILES string of the molecule is CCCCn1nnnc1NCc1cc(Cl)cc(Cl)c1OCCC. The Kier molecular flexibility index (Phi) is 6.92. The van der Waals surface area contributed by atoms with Gasteiger partial charge in [-0.05, 0) is 35.4 Å². The Morgan fingerprint density at radius 3 is 2.78 bits per heavy atom. The molecular weight excluding hydrogens is 337 g/mol. The summed E-state index contributed by atoms with van der Waals surface area (Å²) in [6.07, 6.45) is 3.01. The highest BCUT2D eigenvalue weighted by molar-refractivity contribution is 6.35. The number of nitrogens with zero attached hydrogens (tertiary/aromatic N) is 4. The van der Waals surface area contributed by atoms with Gasteiger partial charge in [-0.3, -0.25) is 0 Å². The van der Waals surface area contributed by atoms with Gasteiger partial charge in [-0.2, -0.15) is 0 Å². The van der Waals surface area contributed by atoms with E-state index in [1.165, 1.54) is 0 Å². The fraction of sp³-hybridized carbons (Fsp3) is 0.533. The lowest BCUT2D eigenvalue weighted by molar-refractivity contribution is 0.314. The number of tetrazole rings is 1. The number of aromatic nitrogens is 4. The van der Waals surface area contributed by atoms with Gasteiger partial charge in [0.05, 0.1) is 11.6 Å². The van der Waals surface area contributed by atoms with Crippen LogP contribution in [0.3, 0.4) is 0 Å². The second kappa shape index (κ2) is 8.93. The number of benzene rings is 1. The zero-order valence-electron chi connectivity index (χ0n) is 13.4. The molecule has 0 saturated heterocycles. The van der Waals surface area contributed by atoms with Crippen LogP contribution in [0.15, 0.2) is 12.1 Å². The van der Waals surface area contributed by atoms with Crippen molar-refractivity contribution in [3.63, 3.8) is 0 Å². The first kappa shape index (κ1) is 17.8. The molecule has 0 spiro atoms. The Hall–Kier alpha value is -1.53. The van der Waals surface area contributed by atoms with E-state index < -0.39 is 0 Å². The van der Waals surface area contributed by atoms with Crippen LogP contribution in [0.1, 0.15) is 38.7 Å². The van der Waals surface area contributed by atoms with E-state index in [1.807, 2.05) is 13.0 Å². The molecule has 8 heteroatoms. The average Bonchev–Trinajstić information content (AvgIpc) is 2.97. The normalized spacial score (nSPS) is 10.8. The van der Waals surface area contributed by atoms with E-state index in [0.29, 0.717) is 34.9 Å². The Morgan fingerprint density at radius 2 is 2.04 bits per heavy atom. The van der Waals surface area contributed by atoms with Crippen molar-refractivity contribution in [3.8, 4) is 5.75 Å². The zero-order chi connectivity index (χ0) is 16.7. The Balaban J connectivity index is 2.12. The lowest BCUT2D eigenvalue weighted by Crippen LogP contribution is -2.10. The van der Waals surface area contributed by atoms with Gasteiger partial charge < -0.3 is 10.1 Å². The molecule has 23 heavy (non-hydrogen) atoms. The summed E-state index contributed by atoms with van der Waals surface area (Å²) < 4.78 is 7.50. The molecule has 1 aromatic carbocycles. The van der Waals surface area contributed by atoms with Crippen LogP contribution in [0.2, 0.25) is 10.0 Å². The minimum absolute atomic E-state index is 0.478. The number of rotatable bonds is 9. The molecule has 126 valence electrons. The summed E-state index contributed by atoms with van der Waals surface area (Å²) in [5.41, 5.74) is 0.876. The van der Waals surface area contributed by atoms with Gasteiger partial charge in [-0.15, -0.1) is 0 Å². The number of hydrogen-bond donors (Lipinski definition) is 1. The van der Waals surface area contributed by atoms with Crippen molar-refractivity contribution >= 4 is 29.2 Å². The summed E-state index contributed by atoms with van der Waals surface area (Å²) in [5, 5.41) is 16.0. The zero-order valence-corrected chi connectivity index (χ0v) is 14.9. The number of unbranched alkanes of at least 4 members (excludes halogenated alkanes) is 1. The molecule has 2 rings (SSSR count). The number of nitrogens with one attached hydrogen (secondary N) is 1. The van der Waals surface area contributed by atoms with Crippen molar-refractivity contribution in [2.75, 3.05) is 11.9 Å². The van der Waals surface area contributed by atoms with Gasteiger partial charge in [-0.1, -0.05) is 48.6 Å². The third kappa shape index (κ3) is 4.97. The summed E-state index contributed by atoms with van der Waals surface area (Å²) in [4.78, 5) is 0. The quantitative estimate of drug-likeness (QED) is 0.728. The molecule has 0 unspecified atom stereocenters. The standard InChI is InChI=1S/C15H21Cl2N5O/c1-3-5-6-22-15(19-20-21-22)18-10-11-8-12(16)9-13(17)14(11)23-7-4-2/h8-9H,3-7,10H2,1-2H3,(H,18,19,21). The summed E-state index contributed by atoms with van der Waals surface area (Å²) in [7, 11) is 0. The van der Waals surface area contributed by atoms with Crippen molar-refractivity contribution in [3.05, 3.63) is 27.7 Å². The van der Waals surface area contributed by atoms with Crippen LogP contribution in [0.4, 0.5) is 5.95 Å². The molecule has 0 saturated carbocycles. The van der Waals surface area contributed by atoms with Gasteiger partial charge in [0.1, 0.15) is 5.75 Å². The number of ether oxygens (including phenoxy) is 1. The number of hydrogen-bond acceptors (Lipinski definition) is 5. The van der Waals surface area contributed by atoms with E-state index in [4.69, 9.17) is 27.9 Å². The topological polar surface area (TPSA) is 64.9 Å². The van der Waals surface area contributed by atoms with Crippen LogP contribution < -0.4 is 10.1 Å². The van der Waals surface area contributed by atoms with Gasteiger partial charge >= 0.3 is 0 Å². The van der Waals surface area contributed by atoms with Crippen LogP contribution in [0.5, 0.6) is 5.75 Å². The molecule has 0 aliphatic heterocycles. The summed E-state index contributed by atoms with van der Waals surface area (Å²) >= 11 is 12.4. The van der Waals surface area contributed by atoms with Crippen LogP contribution >= 0.6 is 23.2 Å². The van der Waals surface area contributed by atoms with Crippen LogP contribution in [-0.4, -0.2) is 26.8 Å². The lowest BCUT2D eigenvalue weighted by Gasteiger charge is -2.14. The van der Waals surface area contributed by atoms with Crippen molar-refractivity contribution < 1.29 is 4.74 Å². The second-order valence-corrected chi connectivity index (χ2v) is 6.00. The molecule has 0 aliphatic rings. The maximum Gasteiger partial charge on any atom is 0.243 e. The molecular formula is C15H21Cl2N5O. The van der Waals surface area contributed by atoms with Crippen LogP contribution in [0.25, 0.3) is 0 Å². The first-order valence-corrected chi connectivity index (χ1v) is 8.52. The molecule has 0 fully saturated rings. The van der Waals surface area contributed by atoms with Gasteiger partial charge in [0.2, 0.25) is 5.95 Å². The fourth-order valence-corrected chi connectivity index (χ4v) is 2.66. The van der Waals surface area contributed by atoms with Crippen LogP contribution in [-0.2, 0) is 13.1 Å². The molecule has 1 aromatic heterocycles. The minimum atomic E-state index is 0.478.